The van der Waals surface area contributed by atoms with Gasteiger partial charge in [-0.15, -0.1) is 0 Å². The second-order valence-corrected chi connectivity index (χ2v) is 5.80. The van der Waals surface area contributed by atoms with Crippen molar-refractivity contribution in [3.63, 3.8) is 0 Å². The Morgan fingerprint density at radius 2 is 1.48 bits per heavy atom. The molecule has 0 fully saturated rings. The Morgan fingerprint density at radius 1 is 0.920 bits per heavy atom. The molecule has 2 amide bonds. The Morgan fingerprint density at radius 3 is 2.00 bits per heavy atom. The Balaban J connectivity index is 2.06. The van der Waals surface area contributed by atoms with Crippen LogP contribution in [0.3, 0.4) is 0 Å². The summed E-state index contributed by atoms with van der Waals surface area (Å²) < 4.78 is 4.83. The zero-order valence-corrected chi connectivity index (χ0v) is 14.8. The molecule has 0 spiro atoms. The van der Waals surface area contributed by atoms with Gasteiger partial charge in [0, 0.05) is 5.69 Å². The molecule has 2 rings (SSSR count). The van der Waals surface area contributed by atoms with E-state index in [2.05, 4.69) is 10.6 Å². The van der Waals surface area contributed by atoms with E-state index in [-0.39, 0.29) is 0 Å². The van der Waals surface area contributed by atoms with Crippen molar-refractivity contribution in [2.75, 3.05) is 12.4 Å². The smallest absolute Gasteiger partial charge is 0.331 e. The summed E-state index contributed by atoms with van der Waals surface area (Å²) in [5.41, 5.74) is 1.82. The zero-order valence-electron chi connectivity index (χ0n) is 14.8. The van der Waals surface area contributed by atoms with Crippen LogP contribution in [-0.2, 0) is 9.53 Å². The topological polar surface area (TPSA) is 67.4 Å². The van der Waals surface area contributed by atoms with Crippen molar-refractivity contribution in [2.45, 2.75) is 32.2 Å². The number of anilines is 1. The molecule has 0 radical (unpaired) electrons. The van der Waals surface area contributed by atoms with E-state index in [0.29, 0.717) is 18.5 Å². The van der Waals surface area contributed by atoms with E-state index in [1.165, 1.54) is 7.11 Å². The average Bonchev–Trinajstić information content (AvgIpc) is 2.67. The van der Waals surface area contributed by atoms with Gasteiger partial charge in [-0.1, -0.05) is 56.3 Å². The molecule has 0 unspecified atom stereocenters. The van der Waals surface area contributed by atoms with Crippen LogP contribution in [0, 0.1) is 0 Å². The quantitative estimate of drug-likeness (QED) is 0.774. The van der Waals surface area contributed by atoms with Gasteiger partial charge in [-0.3, -0.25) is 0 Å². The lowest BCUT2D eigenvalue weighted by molar-refractivity contribution is -0.148. The van der Waals surface area contributed by atoms with E-state index >= 15 is 0 Å². The minimum absolute atomic E-state index is 0.429. The number of hydrogen-bond acceptors (Lipinski definition) is 3. The van der Waals surface area contributed by atoms with Gasteiger partial charge in [0.1, 0.15) is 5.54 Å². The van der Waals surface area contributed by atoms with Crippen molar-refractivity contribution in [3.8, 4) is 11.1 Å². The van der Waals surface area contributed by atoms with Crippen LogP contribution in [0.4, 0.5) is 10.5 Å². The molecule has 0 aliphatic rings. The zero-order chi connectivity index (χ0) is 18.3. The standard InChI is InChI=1S/C20H24N2O3/c1-4-20(5-2,18(23)25-3)22-19(24)21-17-13-11-16(12-14-17)15-9-7-6-8-10-15/h6-14H,4-5H2,1-3H3,(H2,21,22,24). The second kappa shape index (κ2) is 8.33. The fourth-order valence-corrected chi connectivity index (χ4v) is 2.72. The van der Waals surface area contributed by atoms with Crippen LogP contribution in [0.1, 0.15) is 26.7 Å². The molecule has 132 valence electrons. The lowest BCUT2D eigenvalue weighted by Crippen LogP contribution is -2.55. The maximum atomic E-state index is 12.3. The van der Waals surface area contributed by atoms with Crippen LogP contribution in [0.5, 0.6) is 0 Å². The molecule has 0 heterocycles. The first-order chi connectivity index (χ1) is 12.0. The van der Waals surface area contributed by atoms with Gasteiger partial charge in [0.25, 0.3) is 0 Å². The number of nitrogens with one attached hydrogen (secondary N) is 2. The molecule has 0 bridgehead atoms. The van der Waals surface area contributed by atoms with E-state index in [4.69, 9.17) is 4.74 Å². The Hall–Kier alpha value is -2.82. The molecule has 5 nitrogen and oxygen atoms in total. The van der Waals surface area contributed by atoms with Crippen LogP contribution in [0.15, 0.2) is 54.6 Å². The molecule has 0 saturated carbocycles. The molecule has 0 aliphatic heterocycles. The predicted molar refractivity (Wildman–Crippen MR) is 99.4 cm³/mol. The number of esters is 1. The average molecular weight is 340 g/mol. The molecular formula is C20H24N2O3. The lowest BCUT2D eigenvalue weighted by Gasteiger charge is -2.29. The van der Waals surface area contributed by atoms with Crippen molar-refractivity contribution < 1.29 is 14.3 Å². The molecule has 0 atom stereocenters. The number of methoxy groups -OCH3 is 1. The van der Waals surface area contributed by atoms with Crippen molar-refractivity contribution in [2.24, 2.45) is 0 Å². The first kappa shape index (κ1) is 18.5. The molecule has 0 aromatic heterocycles. The maximum absolute atomic E-state index is 12.3. The molecule has 5 heteroatoms. The molecule has 2 aromatic carbocycles. The van der Waals surface area contributed by atoms with Gasteiger partial charge in [-0.05, 0) is 36.1 Å². The molecule has 0 aliphatic carbocycles. The summed E-state index contributed by atoms with van der Waals surface area (Å²) in [7, 11) is 1.32. The maximum Gasteiger partial charge on any atom is 0.331 e. The first-order valence-corrected chi connectivity index (χ1v) is 8.37. The van der Waals surface area contributed by atoms with Crippen LogP contribution in [0.25, 0.3) is 11.1 Å². The monoisotopic (exact) mass is 340 g/mol. The molecule has 2 N–H and O–H groups in total. The van der Waals surface area contributed by atoms with E-state index in [9.17, 15) is 9.59 Å². The summed E-state index contributed by atoms with van der Waals surface area (Å²) in [6.45, 7) is 3.69. The summed E-state index contributed by atoms with van der Waals surface area (Å²) in [4.78, 5) is 24.3. The van der Waals surface area contributed by atoms with Gasteiger partial charge in [0.15, 0.2) is 0 Å². The minimum atomic E-state index is -1.01. The fourth-order valence-electron chi connectivity index (χ4n) is 2.72. The van der Waals surface area contributed by atoms with E-state index < -0.39 is 17.5 Å². The van der Waals surface area contributed by atoms with Crippen LogP contribution < -0.4 is 10.6 Å². The number of hydrogen-bond donors (Lipinski definition) is 2. The van der Waals surface area contributed by atoms with Crippen molar-refractivity contribution in [1.29, 1.82) is 0 Å². The lowest BCUT2D eigenvalue weighted by atomic mass is 9.93. The number of ether oxygens (including phenoxy) is 1. The van der Waals surface area contributed by atoms with Gasteiger partial charge < -0.3 is 15.4 Å². The number of carbonyl (C=O) groups is 2. The number of benzene rings is 2. The summed E-state index contributed by atoms with van der Waals surface area (Å²) in [6.07, 6.45) is 0.910. The third-order valence-corrected chi connectivity index (χ3v) is 4.39. The normalized spacial score (nSPS) is 10.8. The van der Waals surface area contributed by atoms with E-state index in [1.54, 1.807) is 0 Å². The highest BCUT2D eigenvalue weighted by atomic mass is 16.5. The number of carbonyl (C=O) groups excluding carboxylic acids is 2. The fraction of sp³-hybridized carbons (Fsp3) is 0.300. The molecule has 25 heavy (non-hydrogen) atoms. The van der Waals surface area contributed by atoms with Gasteiger partial charge in [0.05, 0.1) is 7.11 Å². The van der Waals surface area contributed by atoms with Gasteiger partial charge >= 0.3 is 12.0 Å². The van der Waals surface area contributed by atoms with Crippen molar-refractivity contribution in [1.82, 2.24) is 5.32 Å². The Kier molecular flexibility index (Phi) is 6.17. The van der Waals surface area contributed by atoms with Crippen LogP contribution >= 0.6 is 0 Å². The first-order valence-electron chi connectivity index (χ1n) is 8.37. The Bertz CT molecular complexity index is 707. The largest absolute Gasteiger partial charge is 0.467 e. The van der Waals surface area contributed by atoms with Gasteiger partial charge in [0.2, 0.25) is 0 Å². The van der Waals surface area contributed by atoms with Gasteiger partial charge in [-0.25, -0.2) is 9.59 Å². The highest BCUT2D eigenvalue weighted by Gasteiger charge is 2.37. The third kappa shape index (κ3) is 4.38. The number of amides is 2. The second-order valence-electron chi connectivity index (χ2n) is 5.80. The number of rotatable bonds is 6. The highest BCUT2D eigenvalue weighted by molar-refractivity contribution is 5.94. The van der Waals surface area contributed by atoms with Crippen molar-refractivity contribution >= 4 is 17.7 Å². The molecule has 0 saturated heterocycles. The van der Waals surface area contributed by atoms with E-state index in [1.807, 2.05) is 68.4 Å². The van der Waals surface area contributed by atoms with Crippen LogP contribution in [-0.4, -0.2) is 24.6 Å². The minimum Gasteiger partial charge on any atom is -0.467 e. The molecule has 2 aromatic rings. The summed E-state index contributed by atoms with van der Waals surface area (Å²) in [5.74, 6) is -0.438. The van der Waals surface area contributed by atoms with Gasteiger partial charge in [-0.2, -0.15) is 0 Å². The van der Waals surface area contributed by atoms with E-state index in [0.717, 1.165) is 11.1 Å². The summed E-state index contributed by atoms with van der Waals surface area (Å²) in [6, 6.07) is 17.1. The number of urea groups is 1. The van der Waals surface area contributed by atoms with Crippen LogP contribution in [0.2, 0.25) is 0 Å². The third-order valence-electron chi connectivity index (χ3n) is 4.39. The summed E-state index contributed by atoms with van der Waals surface area (Å²) >= 11 is 0. The molecular weight excluding hydrogens is 316 g/mol. The van der Waals surface area contributed by atoms with Crippen molar-refractivity contribution in [3.05, 3.63) is 54.6 Å². The predicted octanol–water partition coefficient (Wildman–Crippen LogP) is 4.21. The SMILES string of the molecule is CCC(CC)(NC(=O)Nc1ccc(-c2ccccc2)cc1)C(=O)OC. The summed E-state index contributed by atoms with van der Waals surface area (Å²) in [5, 5.41) is 5.52. The highest BCUT2D eigenvalue weighted by Crippen LogP contribution is 2.21. The Labute approximate surface area is 148 Å².